The van der Waals surface area contributed by atoms with Crippen LogP contribution >= 0.6 is 43.3 Å². The Kier molecular flexibility index (Phi) is 5.15. The van der Waals surface area contributed by atoms with Crippen molar-refractivity contribution in [3.63, 3.8) is 0 Å². The van der Waals surface area contributed by atoms with Crippen molar-refractivity contribution < 1.29 is 26.3 Å². The van der Waals surface area contributed by atoms with Crippen LogP contribution in [0.25, 0.3) is 0 Å². The van der Waals surface area contributed by atoms with Gasteiger partial charge in [0.2, 0.25) is 9.78 Å². The Balaban J connectivity index is 4.77. The van der Waals surface area contributed by atoms with Gasteiger partial charge >= 0.3 is 9.98 Å². The molecule has 0 saturated heterocycles. The van der Waals surface area contributed by atoms with Gasteiger partial charge < -0.3 is 0 Å². The molecule has 1 N–H and O–H groups in total. The maximum absolute atomic E-state index is 12.4. The minimum absolute atomic E-state index is 0.124. The molecule has 9 heteroatoms. The zero-order valence-electron chi connectivity index (χ0n) is 6.23. The van der Waals surface area contributed by atoms with Crippen molar-refractivity contribution in [1.82, 2.24) is 5.32 Å². The topological polar surface area (TPSA) is 12.0 Å². The molecule has 1 nitrogen and oxygen atoms in total. The summed E-state index contributed by atoms with van der Waals surface area (Å²) >= 11 is -1.52. The van der Waals surface area contributed by atoms with Gasteiger partial charge in [0, 0.05) is 22.6 Å². The molecule has 0 saturated carbocycles. The van der Waals surface area contributed by atoms with Crippen molar-refractivity contribution in [2.45, 2.75) is 9.98 Å². The highest BCUT2D eigenvalue weighted by atomic mass is 127. The summed E-state index contributed by atoms with van der Waals surface area (Å²) in [5.41, 5.74) is 0. The summed E-state index contributed by atoms with van der Waals surface area (Å²) in [6, 6.07) is -4.84. The summed E-state index contributed by atoms with van der Waals surface area (Å²) < 4.78 is 70.5. The number of hydrogen-bond acceptors (Lipinski definition) is 1. The van der Waals surface area contributed by atoms with Crippen LogP contribution in [0.15, 0.2) is 9.78 Å². The van der Waals surface area contributed by atoms with Crippen molar-refractivity contribution in [3.8, 4) is 0 Å². The maximum Gasteiger partial charge on any atom is 0.397 e. The van der Waals surface area contributed by atoms with E-state index >= 15 is 0 Å². The Morgan fingerprint density at radius 3 is 1.93 bits per heavy atom. The van der Waals surface area contributed by atoms with Crippen LogP contribution in [0.3, 0.4) is 0 Å². The quantitative estimate of drug-likeness (QED) is 0.302. The first-order chi connectivity index (χ1) is 6.12. The zero-order chi connectivity index (χ0) is 11.6. The third kappa shape index (κ3) is 3.90. The fourth-order valence-electron chi connectivity index (χ4n) is 0.315. The molecule has 0 aliphatic carbocycles. The third-order valence-corrected chi connectivity index (χ3v) is 2.73. The lowest BCUT2D eigenvalue weighted by atomic mass is 10.5. The molecule has 0 aromatic rings. The third-order valence-electron chi connectivity index (χ3n) is 0.906. The first-order valence-electron chi connectivity index (χ1n) is 2.78. The van der Waals surface area contributed by atoms with Crippen LogP contribution in [0.2, 0.25) is 0 Å². The van der Waals surface area contributed by atoms with Crippen molar-refractivity contribution in [2.75, 3.05) is 0 Å². The van der Waals surface area contributed by atoms with Crippen molar-refractivity contribution in [1.29, 1.82) is 0 Å². The maximum atomic E-state index is 12.4. The predicted molar refractivity (Wildman–Crippen MR) is 57.4 cm³/mol. The molecule has 14 heavy (non-hydrogen) atoms. The van der Waals surface area contributed by atoms with Gasteiger partial charge in [0.05, 0.1) is 0 Å². The Labute approximate surface area is 98.8 Å². The molecule has 0 aliphatic heterocycles. The number of hydrogen-bond donors (Lipinski definition) is 1. The van der Waals surface area contributed by atoms with E-state index in [2.05, 4.69) is 4.51 Å². The van der Waals surface area contributed by atoms with Gasteiger partial charge in [-0.05, 0) is 0 Å². The molecule has 0 aromatic heterocycles. The molecule has 0 radical (unpaired) electrons. The molecular weight excluding hydrogens is 442 g/mol. The standard InChI is InChI=1S/C5H3F6I2N/c1-13-2(6)3(7)14-5(10,11)4(8,9)12/h14H,1H2/b3-2+. The van der Waals surface area contributed by atoms with E-state index in [1.165, 1.54) is 0 Å². The van der Waals surface area contributed by atoms with Gasteiger partial charge in [-0.2, -0.15) is 26.3 Å². The minimum atomic E-state index is -4.84. The average molecular weight is 445 g/mol. The van der Waals surface area contributed by atoms with Crippen LogP contribution in [0.1, 0.15) is 0 Å². The first-order valence-corrected chi connectivity index (χ1v) is 6.46. The van der Waals surface area contributed by atoms with Crippen LogP contribution < -0.4 is 5.32 Å². The van der Waals surface area contributed by atoms with Gasteiger partial charge in [-0.3, -0.25) is 5.32 Å². The Bertz CT molecular complexity index is 257. The highest BCUT2D eigenvalue weighted by Crippen LogP contribution is 2.39. The fraction of sp³-hybridized carbons (Fsp3) is 0.400. The molecule has 0 rings (SSSR count). The molecular formula is C5H3F6I2N. The van der Waals surface area contributed by atoms with Crippen LogP contribution in [0, 0.1) is 0 Å². The second-order valence-electron chi connectivity index (χ2n) is 1.91. The van der Waals surface area contributed by atoms with Crippen molar-refractivity contribution >= 4 is 47.8 Å². The SMILES string of the molecule is C=I/C(F)=C(\F)NC(F)(F)C(F)(F)I. The Morgan fingerprint density at radius 2 is 1.64 bits per heavy atom. The van der Waals surface area contributed by atoms with E-state index in [0.717, 1.165) is 0 Å². The Hall–Kier alpha value is 0.450. The number of halogens is 8. The van der Waals surface area contributed by atoms with E-state index in [1.807, 2.05) is 0 Å². The monoisotopic (exact) mass is 445 g/mol. The number of rotatable bonds is 4. The van der Waals surface area contributed by atoms with Crippen LogP contribution in [-0.2, 0) is 0 Å². The zero-order valence-corrected chi connectivity index (χ0v) is 10.5. The normalized spacial score (nSPS) is 15.1. The van der Waals surface area contributed by atoms with Crippen LogP contribution in [0.5, 0.6) is 0 Å². The van der Waals surface area contributed by atoms with Crippen LogP contribution in [-0.4, -0.2) is 14.5 Å². The average Bonchev–Trinajstić information content (AvgIpc) is 2.00. The minimum Gasteiger partial charge on any atom is -0.295 e. The van der Waals surface area contributed by atoms with Gasteiger partial charge in [0.1, 0.15) is 0 Å². The van der Waals surface area contributed by atoms with Gasteiger partial charge in [-0.1, -0.05) is 25.2 Å². The largest absolute Gasteiger partial charge is 0.397 e. The summed E-state index contributed by atoms with van der Waals surface area (Å²) in [6.45, 7) is 0. The predicted octanol–water partition coefficient (Wildman–Crippen LogP) is 3.66. The van der Waals surface area contributed by atoms with Crippen molar-refractivity contribution in [2.24, 2.45) is 0 Å². The van der Waals surface area contributed by atoms with E-state index in [0.29, 0.717) is 5.32 Å². The van der Waals surface area contributed by atoms with Gasteiger partial charge in [0.15, 0.2) is 0 Å². The molecule has 0 unspecified atom stereocenters. The highest BCUT2D eigenvalue weighted by molar-refractivity contribution is 14.2. The molecule has 0 heterocycles. The summed E-state index contributed by atoms with van der Waals surface area (Å²) in [4.78, 5) is 0. The summed E-state index contributed by atoms with van der Waals surface area (Å²) in [5, 5.41) is 0.481. The molecule has 0 fully saturated rings. The van der Waals surface area contributed by atoms with E-state index < -0.39 is 40.5 Å². The number of nitrogens with one attached hydrogen (secondary N) is 1. The molecule has 0 amide bonds. The van der Waals surface area contributed by atoms with Crippen molar-refractivity contribution in [3.05, 3.63) is 9.78 Å². The van der Waals surface area contributed by atoms with Gasteiger partial charge in [-0.25, -0.2) is 0 Å². The lowest BCUT2D eigenvalue weighted by Gasteiger charge is -2.21. The molecule has 0 aromatic carbocycles. The van der Waals surface area contributed by atoms with E-state index in [9.17, 15) is 26.3 Å². The summed E-state index contributed by atoms with van der Waals surface area (Å²) in [7, 11) is 0. The lowest BCUT2D eigenvalue weighted by Crippen LogP contribution is -2.47. The number of alkyl halides is 5. The molecule has 84 valence electrons. The summed E-state index contributed by atoms with van der Waals surface area (Å²) in [6.07, 6.45) is 0. The highest BCUT2D eigenvalue weighted by Gasteiger charge is 2.55. The van der Waals surface area contributed by atoms with E-state index in [1.54, 1.807) is 0 Å². The smallest absolute Gasteiger partial charge is 0.295 e. The van der Waals surface area contributed by atoms with Gasteiger partial charge in [-0.15, -0.1) is 0 Å². The fourth-order valence-corrected chi connectivity index (χ4v) is 0.919. The molecule has 0 atom stereocenters. The Morgan fingerprint density at radius 1 is 1.21 bits per heavy atom. The van der Waals surface area contributed by atoms with Crippen LogP contribution in [0.4, 0.5) is 26.3 Å². The molecule has 0 bridgehead atoms. The second-order valence-corrected chi connectivity index (χ2v) is 4.97. The first kappa shape index (κ1) is 14.5. The molecule has 0 spiro atoms. The lowest BCUT2D eigenvalue weighted by molar-refractivity contribution is -0.159. The molecule has 0 aliphatic rings. The second kappa shape index (κ2) is 4.99. The summed E-state index contributed by atoms with van der Waals surface area (Å²) in [5.74, 6) is -2.09. The van der Waals surface area contributed by atoms with Gasteiger partial charge in [0.25, 0.3) is 0 Å². The van der Waals surface area contributed by atoms with E-state index in [4.69, 9.17) is 0 Å². The van der Waals surface area contributed by atoms with E-state index in [-0.39, 0.29) is 22.6 Å².